The van der Waals surface area contributed by atoms with Gasteiger partial charge in [-0.05, 0) is 19.3 Å². The van der Waals surface area contributed by atoms with Crippen LogP contribution in [0.3, 0.4) is 0 Å². The van der Waals surface area contributed by atoms with Crippen LogP contribution in [-0.2, 0) is 14.3 Å². The quantitative estimate of drug-likeness (QED) is 0.661. The number of esters is 1. The molecule has 1 aliphatic carbocycles. The van der Waals surface area contributed by atoms with Gasteiger partial charge in [0.05, 0.1) is 0 Å². The van der Waals surface area contributed by atoms with Gasteiger partial charge in [0, 0.05) is 18.3 Å². The standard InChI is InChI=1S/C10H14O4/c11-5-8(12)6-4-7(6)9-2-1-3-10(13)14-9/h6-7,9,11H,1-5H2/t6-,7-,9-/m1/s1. The Labute approximate surface area is 82.2 Å². The van der Waals surface area contributed by atoms with Gasteiger partial charge in [-0.2, -0.15) is 0 Å². The van der Waals surface area contributed by atoms with E-state index in [-0.39, 0.29) is 36.3 Å². The normalized spacial score (nSPS) is 36.4. The van der Waals surface area contributed by atoms with Gasteiger partial charge in [0.15, 0.2) is 5.78 Å². The monoisotopic (exact) mass is 198 g/mol. The van der Waals surface area contributed by atoms with Crippen molar-refractivity contribution in [3.8, 4) is 0 Å². The van der Waals surface area contributed by atoms with Crippen molar-refractivity contribution in [1.29, 1.82) is 0 Å². The Kier molecular flexibility index (Phi) is 2.54. The molecule has 1 aliphatic heterocycles. The molecule has 1 saturated heterocycles. The Morgan fingerprint density at radius 3 is 3.00 bits per heavy atom. The maximum absolute atomic E-state index is 11.1. The summed E-state index contributed by atoms with van der Waals surface area (Å²) in [7, 11) is 0. The Morgan fingerprint density at radius 1 is 1.57 bits per heavy atom. The van der Waals surface area contributed by atoms with Crippen molar-refractivity contribution < 1.29 is 19.4 Å². The number of cyclic esters (lactones) is 1. The minimum Gasteiger partial charge on any atom is -0.462 e. The van der Waals surface area contributed by atoms with Gasteiger partial charge in [-0.3, -0.25) is 9.59 Å². The number of aliphatic hydroxyl groups excluding tert-OH is 1. The van der Waals surface area contributed by atoms with Gasteiger partial charge in [-0.15, -0.1) is 0 Å². The van der Waals surface area contributed by atoms with Crippen LogP contribution in [0.4, 0.5) is 0 Å². The molecule has 3 atom stereocenters. The summed E-state index contributed by atoms with van der Waals surface area (Å²) in [4.78, 5) is 22.1. The highest BCUT2D eigenvalue weighted by molar-refractivity contribution is 5.84. The molecule has 1 heterocycles. The topological polar surface area (TPSA) is 63.6 Å². The van der Waals surface area contributed by atoms with E-state index < -0.39 is 0 Å². The van der Waals surface area contributed by atoms with Crippen LogP contribution in [0.1, 0.15) is 25.7 Å². The van der Waals surface area contributed by atoms with Gasteiger partial charge in [0.2, 0.25) is 0 Å². The van der Waals surface area contributed by atoms with E-state index in [2.05, 4.69) is 0 Å². The summed E-state index contributed by atoms with van der Waals surface area (Å²) < 4.78 is 5.16. The molecule has 0 radical (unpaired) electrons. The predicted molar refractivity (Wildman–Crippen MR) is 47.4 cm³/mol. The first-order valence-corrected chi connectivity index (χ1v) is 5.05. The number of Topliss-reactive ketones (excluding diaryl/α,β-unsaturated/α-hetero) is 1. The molecule has 2 rings (SSSR count). The number of aliphatic hydroxyl groups is 1. The van der Waals surface area contributed by atoms with Crippen molar-refractivity contribution in [2.45, 2.75) is 31.8 Å². The molecule has 1 saturated carbocycles. The number of hydrogen-bond donors (Lipinski definition) is 1. The molecule has 0 aromatic rings. The third kappa shape index (κ3) is 1.80. The molecule has 0 spiro atoms. The lowest BCUT2D eigenvalue weighted by atomic mass is 10.0. The smallest absolute Gasteiger partial charge is 0.306 e. The molecule has 2 aliphatic rings. The van der Waals surface area contributed by atoms with Crippen LogP contribution in [-0.4, -0.2) is 29.6 Å². The second-order valence-corrected chi connectivity index (χ2v) is 4.05. The van der Waals surface area contributed by atoms with E-state index in [1.54, 1.807) is 0 Å². The van der Waals surface area contributed by atoms with E-state index in [0.29, 0.717) is 6.42 Å². The van der Waals surface area contributed by atoms with Crippen LogP contribution in [0.15, 0.2) is 0 Å². The summed E-state index contributed by atoms with van der Waals surface area (Å²) in [5.74, 6) is -0.144. The fourth-order valence-corrected chi connectivity index (χ4v) is 2.15. The summed E-state index contributed by atoms with van der Waals surface area (Å²) in [6.07, 6.45) is 2.93. The summed E-state index contributed by atoms with van der Waals surface area (Å²) in [6, 6.07) is 0. The lowest BCUT2D eigenvalue weighted by Crippen LogP contribution is -2.27. The summed E-state index contributed by atoms with van der Waals surface area (Å²) in [5.41, 5.74) is 0. The maximum atomic E-state index is 11.1. The van der Waals surface area contributed by atoms with E-state index in [9.17, 15) is 9.59 Å². The van der Waals surface area contributed by atoms with Crippen LogP contribution in [0.25, 0.3) is 0 Å². The number of carbonyl (C=O) groups is 2. The molecule has 78 valence electrons. The zero-order chi connectivity index (χ0) is 10.1. The maximum Gasteiger partial charge on any atom is 0.306 e. The molecule has 2 fully saturated rings. The van der Waals surface area contributed by atoms with Crippen molar-refractivity contribution in [1.82, 2.24) is 0 Å². The highest BCUT2D eigenvalue weighted by Gasteiger charge is 2.49. The van der Waals surface area contributed by atoms with Gasteiger partial charge >= 0.3 is 5.97 Å². The van der Waals surface area contributed by atoms with E-state index in [0.717, 1.165) is 19.3 Å². The fourth-order valence-electron chi connectivity index (χ4n) is 2.15. The zero-order valence-electron chi connectivity index (χ0n) is 7.94. The van der Waals surface area contributed by atoms with Crippen LogP contribution in [0.2, 0.25) is 0 Å². The predicted octanol–water partition coefficient (Wildman–Crippen LogP) is 0.280. The van der Waals surface area contributed by atoms with Gasteiger partial charge < -0.3 is 9.84 Å². The van der Waals surface area contributed by atoms with Crippen molar-refractivity contribution in [2.24, 2.45) is 11.8 Å². The number of carbonyl (C=O) groups excluding carboxylic acids is 2. The van der Waals surface area contributed by atoms with Gasteiger partial charge in [-0.25, -0.2) is 0 Å². The largest absolute Gasteiger partial charge is 0.462 e. The molecule has 0 amide bonds. The second-order valence-electron chi connectivity index (χ2n) is 4.05. The highest BCUT2D eigenvalue weighted by Crippen LogP contribution is 2.45. The minimum absolute atomic E-state index is 0.0594. The van der Waals surface area contributed by atoms with Gasteiger partial charge in [0.25, 0.3) is 0 Å². The Bertz CT molecular complexity index is 261. The SMILES string of the molecule is O=C1CCC[C@H]([C@@H]2C[C@H]2C(=O)CO)O1. The van der Waals surface area contributed by atoms with Crippen molar-refractivity contribution in [3.63, 3.8) is 0 Å². The lowest BCUT2D eigenvalue weighted by Gasteiger charge is -2.22. The average Bonchev–Trinajstić information content (AvgIpc) is 2.96. The van der Waals surface area contributed by atoms with Crippen molar-refractivity contribution in [3.05, 3.63) is 0 Å². The molecule has 0 bridgehead atoms. The molecule has 14 heavy (non-hydrogen) atoms. The number of hydrogen-bond acceptors (Lipinski definition) is 4. The number of ketones is 1. The van der Waals surface area contributed by atoms with E-state index in [1.807, 2.05) is 0 Å². The van der Waals surface area contributed by atoms with E-state index >= 15 is 0 Å². The van der Waals surface area contributed by atoms with E-state index in [1.165, 1.54) is 0 Å². The molecule has 4 nitrogen and oxygen atoms in total. The first kappa shape index (κ1) is 9.65. The molecule has 0 unspecified atom stereocenters. The summed E-state index contributed by atoms with van der Waals surface area (Å²) >= 11 is 0. The van der Waals surface area contributed by atoms with Crippen LogP contribution >= 0.6 is 0 Å². The first-order chi connectivity index (χ1) is 6.72. The first-order valence-electron chi connectivity index (χ1n) is 5.05. The van der Waals surface area contributed by atoms with Crippen molar-refractivity contribution in [2.75, 3.05) is 6.61 Å². The summed E-state index contributed by atoms with van der Waals surface area (Å²) in [5, 5.41) is 8.66. The van der Waals surface area contributed by atoms with Gasteiger partial charge in [0.1, 0.15) is 12.7 Å². The molecule has 0 aromatic heterocycles. The fraction of sp³-hybridized carbons (Fsp3) is 0.800. The molecule has 1 N–H and O–H groups in total. The molecular formula is C10H14O4. The molecule has 0 aromatic carbocycles. The van der Waals surface area contributed by atoms with Crippen LogP contribution in [0, 0.1) is 11.8 Å². The average molecular weight is 198 g/mol. The number of ether oxygens (including phenoxy) is 1. The van der Waals surface area contributed by atoms with E-state index in [4.69, 9.17) is 9.84 Å². The number of rotatable bonds is 3. The van der Waals surface area contributed by atoms with Crippen molar-refractivity contribution >= 4 is 11.8 Å². The van der Waals surface area contributed by atoms with Crippen LogP contribution < -0.4 is 0 Å². The van der Waals surface area contributed by atoms with Gasteiger partial charge in [-0.1, -0.05) is 0 Å². The molecular weight excluding hydrogens is 184 g/mol. The summed E-state index contributed by atoms with van der Waals surface area (Å²) in [6.45, 7) is -0.387. The minimum atomic E-state index is -0.387. The Balaban J connectivity index is 1.86. The lowest BCUT2D eigenvalue weighted by molar-refractivity contribution is -0.155. The van der Waals surface area contributed by atoms with Crippen LogP contribution in [0.5, 0.6) is 0 Å². The molecule has 4 heteroatoms. The Morgan fingerprint density at radius 2 is 2.36 bits per heavy atom. The highest BCUT2D eigenvalue weighted by atomic mass is 16.5. The third-order valence-electron chi connectivity index (χ3n) is 3.04. The zero-order valence-corrected chi connectivity index (χ0v) is 7.94. The Hall–Kier alpha value is -0.900. The second kappa shape index (κ2) is 3.69. The third-order valence-corrected chi connectivity index (χ3v) is 3.04.